The Balaban J connectivity index is 0.000000378. The second-order valence-corrected chi connectivity index (χ2v) is 8.04. The van der Waals surface area contributed by atoms with Gasteiger partial charge in [-0.2, -0.15) is 4.98 Å². The first kappa shape index (κ1) is 26.1. The summed E-state index contributed by atoms with van der Waals surface area (Å²) in [5.74, 6) is -0.371. The van der Waals surface area contributed by atoms with Crippen LogP contribution in [0.2, 0.25) is 0 Å². The first-order valence-corrected chi connectivity index (χ1v) is 10.9. The molecule has 18 heteroatoms. The second kappa shape index (κ2) is 9.89. The number of imidazole rings is 1. The van der Waals surface area contributed by atoms with Crippen LogP contribution in [0.3, 0.4) is 0 Å². The van der Waals surface area contributed by atoms with Gasteiger partial charge in [-0.3, -0.25) is 9.78 Å². The van der Waals surface area contributed by atoms with Gasteiger partial charge in [-0.05, 0) is 12.0 Å². The largest absolute Gasteiger partial charge is 0.466 e. The van der Waals surface area contributed by atoms with Crippen molar-refractivity contribution < 1.29 is 48.7 Å². The zero-order valence-electron chi connectivity index (χ0n) is 15.0. The summed E-state index contributed by atoms with van der Waals surface area (Å²) in [6, 6.07) is -0.263. The molecule has 1 fully saturated rings. The molecule has 30 heavy (non-hydrogen) atoms. The summed E-state index contributed by atoms with van der Waals surface area (Å²) in [4.78, 5) is 65.4. The maximum Gasteiger partial charge on any atom is 0.466 e. The molecule has 0 saturated heterocycles. The topological polar surface area (TPSA) is 286 Å². The van der Waals surface area contributed by atoms with E-state index in [9.17, 15) is 15.0 Å². The quantitative estimate of drug-likeness (QED) is 0.157. The van der Waals surface area contributed by atoms with Crippen molar-refractivity contribution in [1.82, 2.24) is 19.5 Å². The number of aliphatic hydroxyl groups is 2. The molecule has 0 unspecified atom stereocenters. The van der Waals surface area contributed by atoms with Crippen LogP contribution >= 0.6 is 15.6 Å². The lowest BCUT2D eigenvalue weighted by molar-refractivity contribution is 0.101. The van der Waals surface area contributed by atoms with Crippen LogP contribution in [-0.4, -0.2) is 71.8 Å². The third-order valence-corrected chi connectivity index (χ3v) is 3.82. The number of nitrogens with two attached hydrogens (primary N) is 1. The average molecular weight is 473 g/mol. The van der Waals surface area contributed by atoms with Crippen molar-refractivity contribution in [2.75, 3.05) is 12.3 Å². The van der Waals surface area contributed by atoms with Crippen LogP contribution in [0, 0.1) is 5.92 Å². The fourth-order valence-electron chi connectivity index (χ4n) is 2.74. The van der Waals surface area contributed by atoms with Crippen molar-refractivity contribution in [3.8, 4) is 0 Å². The minimum Gasteiger partial charge on any atom is -0.396 e. The molecular formula is C12H21N5O11P2. The number of hydrogen-bond donors (Lipinski definition) is 10. The van der Waals surface area contributed by atoms with Crippen molar-refractivity contribution in [1.29, 1.82) is 0 Å². The Kier molecular flexibility index (Phi) is 8.59. The molecule has 2 heterocycles. The first-order chi connectivity index (χ1) is 13.5. The first-order valence-electron chi connectivity index (χ1n) is 7.79. The summed E-state index contributed by atoms with van der Waals surface area (Å²) in [5.41, 5.74) is 6.37. The Morgan fingerprint density at radius 1 is 1.20 bits per heavy atom. The van der Waals surface area contributed by atoms with Gasteiger partial charge in [0.1, 0.15) is 0 Å². The number of aliphatic hydroxyl groups excluding tert-OH is 2. The van der Waals surface area contributed by atoms with Crippen molar-refractivity contribution >= 4 is 32.8 Å². The zero-order valence-corrected chi connectivity index (χ0v) is 16.8. The lowest BCUT2D eigenvalue weighted by Gasteiger charge is -2.15. The average Bonchev–Trinajstić information content (AvgIpc) is 3.05. The number of rotatable bonds is 2. The highest BCUT2D eigenvalue weighted by Gasteiger charge is 2.37. The third kappa shape index (κ3) is 8.04. The monoisotopic (exact) mass is 473 g/mol. The number of aromatic nitrogens is 4. The summed E-state index contributed by atoms with van der Waals surface area (Å²) >= 11 is 0. The number of H-pyrrole nitrogens is 1. The van der Waals surface area contributed by atoms with E-state index in [1.165, 1.54) is 6.33 Å². The smallest absolute Gasteiger partial charge is 0.396 e. The van der Waals surface area contributed by atoms with Gasteiger partial charge in [-0.1, -0.05) is 6.58 Å². The summed E-state index contributed by atoms with van der Waals surface area (Å²) < 4.78 is 19.4. The molecule has 170 valence electrons. The Morgan fingerprint density at radius 3 is 2.13 bits per heavy atom. The minimum absolute atomic E-state index is 0.00659. The number of fused-ring (bicyclic) bond motifs is 1. The highest BCUT2D eigenvalue weighted by molar-refractivity contribution is 7.45. The Labute approximate surface area is 167 Å². The standard InChI is InChI=1S/C12H15N5O3.2H3O4P/c1-5-6(3-18)8(19)2-7(5)17-4-14-9-10(17)15-12(13)16-11(9)20;2*1-5(2,3)4/h4,6-8,18-19H,1-3H2,(H3,13,15,16,20);2*(H3,1,2,3,4)/t6-,7-,8-;;/m0../s1. The van der Waals surface area contributed by atoms with E-state index in [-0.39, 0.29) is 30.0 Å². The van der Waals surface area contributed by atoms with Gasteiger partial charge in [0.25, 0.3) is 5.56 Å². The molecule has 1 saturated carbocycles. The molecule has 0 bridgehead atoms. The Hall–Kier alpha value is -1.97. The molecular weight excluding hydrogens is 452 g/mol. The molecule has 0 amide bonds. The molecule has 0 aliphatic heterocycles. The normalized spacial score (nSPS) is 21.6. The zero-order chi connectivity index (χ0) is 23.4. The molecule has 3 rings (SSSR count). The summed E-state index contributed by atoms with van der Waals surface area (Å²) in [6.07, 6.45) is 1.20. The predicted octanol–water partition coefficient (Wildman–Crippen LogP) is -2.68. The van der Waals surface area contributed by atoms with Gasteiger partial charge in [-0.25, -0.2) is 14.1 Å². The number of hydrogen-bond acceptors (Lipinski definition) is 8. The maximum absolute atomic E-state index is 11.7. The molecule has 0 spiro atoms. The van der Waals surface area contributed by atoms with Crippen LogP contribution < -0.4 is 11.3 Å². The summed E-state index contributed by atoms with van der Waals surface area (Å²) in [6.45, 7) is 3.76. The van der Waals surface area contributed by atoms with Gasteiger partial charge in [0.05, 0.1) is 25.1 Å². The van der Waals surface area contributed by atoms with Crippen LogP contribution in [0.4, 0.5) is 5.95 Å². The van der Waals surface area contributed by atoms with Crippen LogP contribution in [0.1, 0.15) is 12.5 Å². The van der Waals surface area contributed by atoms with E-state index in [0.29, 0.717) is 17.6 Å². The van der Waals surface area contributed by atoms with E-state index < -0.39 is 27.3 Å². The van der Waals surface area contributed by atoms with Gasteiger partial charge in [0.15, 0.2) is 11.2 Å². The predicted molar refractivity (Wildman–Crippen MR) is 100 cm³/mol. The van der Waals surface area contributed by atoms with Gasteiger partial charge in [0, 0.05) is 5.92 Å². The second-order valence-electron chi connectivity index (χ2n) is 5.98. The maximum atomic E-state index is 11.7. The van der Waals surface area contributed by atoms with Crippen molar-refractivity contribution in [2.24, 2.45) is 5.92 Å². The lowest BCUT2D eigenvalue weighted by atomic mass is 10.0. The SMILES string of the molecule is C=C1[C@H](CO)[C@@H](O)C[C@@H]1n1cnc2c(=O)[nH]c(N)nc21.O=P(O)(O)O.O=P(O)(O)O. The highest BCUT2D eigenvalue weighted by atomic mass is 31.2. The molecule has 3 atom stereocenters. The van der Waals surface area contributed by atoms with E-state index in [0.717, 1.165) is 0 Å². The highest BCUT2D eigenvalue weighted by Crippen LogP contribution is 2.39. The number of phosphoric acid groups is 2. The van der Waals surface area contributed by atoms with Gasteiger partial charge >= 0.3 is 15.6 Å². The number of aromatic amines is 1. The van der Waals surface area contributed by atoms with E-state index in [4.69, 9.17) is 44.2 Å². The van der Waals surface area contributed by atoms with Crippen molar-refractivity contribution in [3.63, 3.8) is 0 Å². The molecule has 11 N–H and O–H groups in total. The van der Waals surface area contributed by atoms with Crippen LogP contribution in [0.15, 0.2) is 23.3 Å². The number of nitrogen functional groups attached to an aromatic ring is 1. The lowest BCUT2D eigenvalue weighted by Crippen LogP contribution is -2.17. The van der Waals surface area contributed by atoms with Crippen LogP contribution in [-0.2, 0) is 9.13 Å². The molecule has 1 aliphatic carbocycles. The molecule has 16 nitrogen and oxygen atoms in total. The van der Waals surface area contributed by atoms with Crippen LogP contribution in [0.5, 0.6) is 0 Å². The third-order valence-electron chi connectivity index (χ3n) is 3.82. The van der Waals surface area contributed by atoms with E-state index in [1.807, 2.05) is 0 Å². The van der Waals surface area contributed by atoms with E-state index in [1.54, 1.807) is 4.57 Å². The Morgan fingerprint density at radius 2 is 1.70 bits per heavy atom. The minimum atomic E-state index is -4.64. The number of nitrogens with zero attached hydrogens (tertiary/aromatic N) is 3. The summed E-state index contributed by atoms with van der Waals surface area (Å²) in [7, 11) is -9.28. The Bertz CT molecular complexity index is 1000. The van der Waals surface area contributed by atoms with E-state index >= 15 is 0 Å². The van der Waals surface area contributed by atoms with Gasteiger partial charge in [-0.15, -0.1) is 0 Å². The fourth-order valence-corrected chi connectivity index (χ4v) is 2.74. The van der Waals surface area contributed by atoms with Crippen molar-refractivity contribution in [2.45, 2.75) is 18.6 Å². The van der Waals surface area contributed by atoms with Crippen molar-refractivity contribution in [3.05, 3.63) is 28.8 Å². The molecule has 2 aromatic heterocycles. The molecule has 0 radical (unpaired) electrons. The summed E-state index contributed by atoms with van der Waals surface area (Å²) in [5, 5.41) is 19.2. The fraction of sp³-hybridized carbons (Fsp3) is 0.417. The van der Waals surface area contributed by atoms with Crippen LogP contribution in [0.25, 0.3) is 11.2 Å². The number of nitrogens with one attached hydrogen (secondary N) is 1. The molecule has 0 aromatic carbocycles. The van der Waals surface area contributed by atoms with Gasteiger partial charge in [0.2, 0.25) is 5.95 Å². The van der Waals surface area contributed by atoms with E-state index in [2.05, 4.69) is 21.5 Å². The van der Waals surface area contributed by atoms with Gasteiger partial charge < -0.3 is 49.9 Å². The molecule has 1 aliphatic rings. The number of anilines is 1. The molecule has 2 aromatic rings.